The zero-order chi connectivity index (χ0) is 14.5. The Morgan fingerprint density at radius 1 is 1.35 bits per heavy atom. The minimum absolute atomic E-state index is 0.0847. The van der Waals surface area contributed by atoms with Crippen LogP contribution in [0.2, 0.25) is 0 Å². The van der Waals surface area contributed by atoms with Crippen LogP contribution in [0.5, 0.6) is 0 Å². The van der Waals surface area contributed by atoms with E-state index in [0.29, 0.717) is 11.5 Å². The van der Waals surface area contributed by atoms with Crippen LogP contribution in [0.4, 0.5) is 0 Å². The molecule has 0 radical (unpaired) electrons. The van der Waals surface area contributed by atoms with E-state index < -0.39 is 0 Å². The summed E-state index contributed by atoms with van der Waals surface area (Å²) in [6, 6.07) is 0.225. The van der Waals surface area contributed by atoms with Crippen molar-refractivity contribution in [2.45, 2.75) is 64.6 Å². The van der Waals surface area contributed by atoms with E-state index in [9.17, 15) is 4.79 Å². The summed E-state index contributed by atoms with van der Waals surface area (Å²) >= 11 is 0. The largest absolute Gasteiger partial charge is 0.380 e. The van der Waals surface area contributed by atoms with Crippen LogP contribution in [0.25, 0.3) is 0 Å². The van der Waals surface area contributed by atoms with Crippen LogP contribution in [-0.4, -0.2) is 37.7 Å². The molecule has 1 saturated heterocycles. The second kappa shape index (κ2) is 4.70. The van der Waals surface area contributed by atoms with Gasteiger partial charge in [0.25, 0.3) is 0 Å². The Labute approximate surface area is 122 Å². The number of amides is 1. The highest BCUT2D eigenvalue weighted by molar-refractivity contribution is 5.82. The third-order valence-corrected chi connectivity index (χ3v) is 6.30. The van der Waals surface area contributed by atoms with E-state index in [1.165, 1.54) is 19.3 Å². The van der Waals surface area contributed by atoms with E-state index in [1.54, 1.807) is 7.11 Å². The Kier molecular flexibility index (Phi) is 3.37. The van der Waals surface area contributed by atoms with E-state index in [1.807, 2.05) is 0 Å². The zero-order valence-electron chi connectivity index (χ0n) is 13.2. The summed E-state index contributed by atoms with van der Waals surface area (Å²) in [6.07, 6.45) is 4.81. The highest BCUT2D eigenvalue weighted by Crippen LogP contribution is 2.62. The fourth-order valence-electron chi connectivity index (χ4n) is 4.99. The van der Waals surface area contributed by atoms with Crippen molar-refractivity contribution in [2.24, 2.45) is 16.7 Å². The molecule has 4 nitrogen and oxygen atoms in total. The van der Waals surface area contributed by atoms with Crippen molar-refractivity contribution >= 4 is 5.91 Å². The van der Waals surface area contributed by atoms with Crippen LogP contribution in [0.1, 0.15) is 46.5 Å². The fraction of sp³-hybridized carbons (Fsp3) is 0.938. The minimum Gasteiger partial charge on any atom is -0.380 e. The summed E-state index contributed by atoms with van der Waals surface area (Å²) in [6.45, 7) is 7.79. The van der Waals surface area contributed by atoms with Crippen molar-refractivity contribution in [2.75, 3.05) is 13.7 Å². The molecule has 2 saturated carbocycles. The van der Waals surface area contributed by atoms with Gasteiger partial charge in [-0.3, -0.25) is 4.79 Å². The van der Waals surface area contributed by atoms with Gasteiger partial charge >= 0.3 is 0 Å². The van der Waals surface area contributed by atoms with Crippen LogP contribution >= 0.6 is 0 Å². The number of hydrogen-bond donors (Lipinski definition) is 2. The Morgan fingerprint density at radius 3 is 2.65 bits per heavy atom. The number of ether oxygens (including phenoxy) is 1. The van der Waals surface area contributed by atoms with Crippen molar-refractivity contribution < 1.29 is 9.53 Å². The Hall–Kier alpha value is -0.610. The normalized spacial score (nSPS) is 45.8. The zero-order valence-corrected chi connectivity index (χ0v) is 13.2. The van der Waals surface area contributed by atoms with Gasteiger partial charge in [0.15, 0.2) is 0 Å². The van der Waals surface area contributed by atoms with Crippen molar-refractivity contribution in [3.05, 3.63) is 0 Å². The number of rotatable bonds is 3. The first-order valence-corrected chi connectivity index (χ1v) is 7.93. The smallest absolute Gasteiger partial charge is 0.237 e. The molecule has 1 aliphatic heterocycles. The molecule has 0 aromatic carbocycles. The van der Waals surface area contributed by atoms with E-state index in [4.69, 9.17) is 4.74 Å². The van der Waals surface area contributed by atoms with Gasteiger partial charge in [0, 0.05) is 19.7 Å². The van der Waals surface area contributed by atoms with Crippen molar-refractivity contribution in [1.29, 1.82) is 0 Å². The molecule has 5 atom stereocenters. The Morgan fingerprint density at radius 2 is 2.10 bits per heavy atom. The lowest BCUT2D eigenvalue weighted by atomic mass is 9.68. The van der Waals surface area contributed by atoms with Gasteiger partial charge in [0.05, 0.1) is 12.1 Å². The van der Waals surface area contributed by atoms with E-state index in [0.717, 1.165) is 18.9 Å². The number of carbonyl (C=O) groups is 1. The van der Waals surface area contributed by atoms with Gasteiger partial charge in [-0.15, -0.1) is 0 Å². The molecule has 1 amide bonds. The molecule has 114 valence electrons. The molecule has 0 aromatic rings. The molecule has 4 heteroatoms. The van der Waals surface area contributed by atoms with Crippen LogP contribution in [0.15, 0.2) is 0 Å². The predicted octanol–water partition coefficient (Wildman–Crippen LogP) is 1.69. The lowest BCUT2D eigenvalue weighted by Crippen LogP contribution is -2.55. The van der Waals surface area contributed by atoms with Gasteiger partial charge < -0.3 is 15.4 Å². The first-order chi connectivity index (χ1) is 9.37. The third-order valence-electron chi connectivity index (χ3n) is 6.30. The average Bonchev–Trinajstić information content (AvgIpc) is 3.05. The molecule has 3 aliphatic rings. The standard InChI is InChI=1S/C16H28N2O2/c1-15(2)10-5-6-16(3,8-10)14(15)18-13(19)12-7-11(20-4)9-17-12/h10-12,14,17H,5-9H2,1-4H3,(H,18,19). The Balaban J connectivity index is 1.67. The van der Waals surface area contributed by atoms with Crippen molar-refractivity contribution in [3.63, 3.8) is 0 Å². The number of hydrogen-bond acceptors (Lipinski definition) is 3. The molecule has 2 aliphatic carbocycles. The quantitative estimate of drug-likeness (QED) is 0.827. The molecule has 3 rings (SSSR count). The van der Waals surface area contributed by atoms with Gasteiger partial charge in [-0.25, -0.2) is 0 Å². The molecule has 20 heavy (non-hydrogen) atoms. The van der Waals surface area contributed by atoms with Crippen molar-refractivity contribution in [1.82, 2.24) is 10.6 Å². The molecule has 2 N–H and O–H groups in total. The summed E-state index contributed by atoms with van der Waals surface area (Å²) < 4.78 is 5.33. The van der Waals surface area contributed by atoms with Gasteiger partial charge in [-0.05, 0) is 42.4 Å². The highest BCUT2D eigenvalue weighted by Gasteiger charge is 2.59. The van der Waals surface area contributed by atoms with Gasteiger partial charge in [0.1, 0.15) is 0 Å². The van der Waals surface area contributed by atoms with Gasteiger partial charge in [-0.1, -0.05) is 20.8 Å². The van der Waals surface area contributed by atoms with Crippen LogP contribution in [0, 0.1) is 16.7 Å². The first kappa shape index (κ1) is 14.3. The average molecular weight is 280 g/mol. The van der Waals surface area contributed by atoms with E-state index in [-0.39, 0.29) is 23.5 Å². The molecule has 3 fully saturated rings. The Bertz CT molecular complexity index is 405. The fourth-order valence-corrected chi connectivity index (χ4v) is 4.99. The SMILES string of the molecule is COC1CNC(C(=O)NC2C3(C)CCC(C3)C2(C)C)C1. The van der Waals surface area contributed by atoms with Crippen molar-refractivity contribution in [3.8, 4) is 0 Å². The molecule has 1 heterocycles. The third kappa shape index (κ3) is 2.08. The summed E-state index contributed by atoms with van der Waals surface area (Å²) in [4.78, 5) is 12.5. The number of methoxy groups -OCH3 is 1. The van der Waals surface area contributed by atoms with Crippen LogP contribution in [-0.2, 0) is 9.53 Å². The second-order valence-electron chi connectivity index (χ2n) is 7.91. The number of nitrogens with one attached hydrogen (secondary N) is 2. The van der Waals surface area contributed by atoms with Gasteiger partial charge in [0.2, 0.25) is 5.91 Å². The first-order valence-electron chi connectivity index (χ1n) is 7.93. The molecule has 5 unspecified atom stereocenters. The summed E-state index contributed by atoms with van der Waals surface area (Å²) in [5.74, 6) is 0.928. The molecule has 0 aromatic heterocycles. The molecule has 0 spiro atoms. The maximum Gasteiger partial charge on any atom is 0.237 e. The lowest BCUT2D eigenvalue weighted by Gasteiger charge is -2.43. The monoisotopic (exact) mass is 280 g/mol. The van der Waals surface area contributed by atoms with Crippen LogP contribution < -0.4 is 10.6 Å². The molecule has 2 bridgehead atoms. The van der Waals surface area contributed by atoms with E-state index >= 15 is 0 Å². The lowest BCUT2D eigenvalue weighted by molar-refractivity contribution is -0.125. The van der Waals surface area contributed by atoms with Gasteiger partial charge in [-0.2, -0.15) is 0 Å². The minimum atomic E-state index is -0.0847. The molecular weight excluding hydrogens is 252 g/mol. The molecular formula is C16H28N2O2. The second-order valence-corrected chi connectivity index (χ2v) is 7.91. The maximum atomic E-state index is 12.5. The maximum absolute atomic E-state index is 12.5. The number of fused-ring (bicyclic) bond motifs is 2. The predicted molar refractivity (Wildman–Crippen MR) is 78.4 cm³/mol. The van der Waals surface area contributed by atoms with Crippen LogP contribution in [0.3, 0.4) is 0 Å². The topological polar surface area (TPSA) is 50.4 Å². The summed E-state index contributed by atoms with van der Waals surface area (Å²) in [5, 5.41) is 6.65. The van der Waals surface area contributed by atoms with E-state index in [2.05, 4.69) is 31.4 Å². The summed E-state index contributed by atoms with van der Waals surface area (Å²) in [7, 11) is 1.71. The number of carbonyl (C=O) groups excluding carboxylic acids is 1. The highest BCUT2D eigenvalue weighted by atomic mass is 16.5. The summed E-state index contributed by atoms with van der Waals surface area (Å²) in [5.41, 5.74) is 0.519.